The Morgan fingerprint density at radius 2 is 2.00 bits per heavy atom. The molecule has 0 heterocycles. The summed E-state index contributed by atoms with van der Waals surface area (Å²) in [6.07, 6.45) is 0. The van der Waals surface area contributed by atoms with Gasteiger partial charge in [-0.15, -0.1) is 0 Å². The van der Waals surface area contributed by atoms with Crippen LogP contribution in [0.1, 0.15) is 6.92 Å². The predicted octanol–water partition coefficient (Wildman–Crippen LogP) is -0.0123. The first-order chi connectivity index (χ1) is 3.62. The molecule has 0 aromatic rings. The van der Waals surface area contributed by atoms with E-state index in [-0.39, 0.29) is 6.61 Å². The third-order valence-corrected chi connectivity index (χ3v) is 0.852. The lowest BCUT2D eigenvalue weighted by molar-refractivity contribution is -0.199. The largest absolute Gasteiger partial charge is 0.379 e. The lowest BCUT2D eigenvalue weighted by Gasteiger charge is -2.19. The SMILES string of the molecule is COCC(C)(O)OC. The lowest BCUT2D eigenvalue weighted by atomic mass is 10.4. The molecule has 0 bridgehead atoms. The molecule has 0 fully saturated rings. The molecule has 0 rings (SSSR count). The Kier molecular flexibility index (Phi) is 2.97. The van der Waals surface area contributed by atoms with Gasteiger partial charge < -0.3 is 14.6 Å². The van der Waals surface area contributed by atoms with Crippen LogP contribution in [0.5, 0.6) is 0 Å². The van der Waals surface area contributed by atoms with Crippen molar-refractivity contribution in [2.24, 2.45) is 0 Å². The normalized spacial score (nSPS) is 18.0. The van der Waals surface area contributed by atoms with E-state index >= 15 is 0 Å². The van der Waals surface area contributed by atoms with Gasteiger partial charge in [-0.2, -0.15) is 0 Å². The topological polar surface area (TPSA) is 38.7 Å². The summed E-state index contributed by atoms with van der Waals surface area (Å²) in [5.41, 5.74) is 0. The number of rotatable bonds is 3. The standard InChI is InChI=1S/C5H12O3/c1-5(6,8-3)4-7-2/h6H,4H2,1-3H3. The molecular weight excluding hydrogens is 108 g/mol. The van der Waals surface area contributed by atoms with Crippen LogP contribution in [0.2, 0.25) is 0 Å². The van der Waals surface area contributed by atoms with Crippen molar-refractivity contribution in [2.45, 2.75) is 12.7 Å². The first-order valence-corrected chi connectivity index (χ1v) is 2.39. The van der Waals surface area contributed by atoms with Gasteiger partial charge in [0.15, 0.2) is 5.79 Å². The Balaban J connectivity index is 3.37. The second-order valence-electron chi connectivity index (χ2n) is 1.81. The molecule has 0 amide bonds. The summed E-state index contributed by atoms with van der Waals surface area (Å²) in [6.45, 7) is 1.74. The van der Waals surface area contributed by atoms with Gasteiger partial charge in [-0.25, -0.2) is 0 Å². The van der Waals surface area contributed by atoms with Crippen molar-refractivity contribution in [1.29, 1.82) is 0 Å². The van der Waals surface area contributed by atoms with Gasteiger partial charge in [-0.05, 0) is 6.92 Å². The summed E-state index contributed by atoms with van der Waals surface area (Å²) in [4.78, 5) is 0. The molecule has 0 spiro atoms. The average molecular weight is 120 g/mol. The molecule has 0 saturated carbocycles. The summed E-state index contributed by atoms with van der Waals surface area (Å²) in [5, 5.41) is 8.98. The minimum atomic E-state index is -1.13. The highest BCUT2D eigenvalue weighted by Gasteiger charge is 2.17. The number of hydrogen-bond donors (Lipinski definition) is 1. The van der Waals surface area contributed by atoms with E-state index in [9.17, 15) is 0 Å². The molecule has 0 saturated heterocycles. The molecule has 1 atom stereocenters. The van der Waals surface area contributed by atoms with Crippen molar-refractivity contribution in [3.63, 3.8) is 0 Å². The van der Waals surface area contributed by atoms with Gasteiger partial charge in [0.2, 0.25) is 0 Å². The maximum Gasteiger partial charge on any atom is 0.186 e. The van der Waals surface area contributed by atoms with Crippen molar-refractivity contribution < 1.29 is 14.6 Å². The van der Waals surface area contributed by atoms with E-state index in [1.165, 1.54) is 21.1 Å². The molecule has 0 radical (unpaired) electrons. The van der Waals surface area contributed by atoms with Crippen LogP contribution < -0.4 is 0 Å². The van der Waals surface area contributed by atoms with Crippen molar-refractivity contribution in [3.8, 4) is 0 Å². The van der Waals surface area contributed by atoms with E-state index in [0.717, 1.165) is 0 Å². The molecule has 0 aliphatic heterocycles. The smallest absolute Gasteiger partial charge is 0.186 e. The maximum atomic E-state index is 8.98. The van der Waals surface area contributed by atoms with Gasteiger partial charge in [0, 0.05) is 14.2 Å². The fourth-order valence-corrected chi connectivity index (χ4v) is 0.327. The van der Waals surface area contributed by atoms with E-state index in [0.29, 0.717) is 0 Å². The minimum Gasteiger partial charge on any atom is -0.379 e. The molecule has 0 aliphatic carbocycles. The molecular formula is C5H12O3. The van der Waals surface area contributed by atoms with Gasteiger partial charge in [-0.3, -0.25) is 0 Å². The molecule has 1 N–H and O–H groups in total. The second kappa shape index (κ2) is 3.02. The van der Waals surface area contributed by atoms with Crippen molar-refractivity contribution in [3.05, 3.63) is 0 Å². The Bertz CT molecular complexity index is 60.7. The van der Waals surface area contributed by atoms with Crippen molar-refractivity contribution >= 4 is 0 Å². The van der Waals surface area contributed by atoms with Crippen LogP contribution in [-0.4, -0.2) is 31.7 Å². The highest BCUT2D eigenvalue weighted by molar-refractivity contribution is 4.54. The Morgan fingerprint density at radius 1 is 1.50 bits per heavy atom. The summed E-state index contributed by atoms with van der Waals surface area (Å²) < 4.78 is 9.23. The second-order valence-corrected chi connectivity index (χ2v) is 1.81. The van der Waals surface area contributed by atoms with Crippen molar-refractivity contribution in [2.75, 3.05) is 20.8 Å². The third kappa shape index (κ3) is 2.96. The van der Waals surface area contributed by atoms with Crippen LogP contribution in [0.3, 0.4) is 0 Å². The average Bonchev–Trinajstić information content (AvgIpc) is 1.67. The zero-order valence-corrected chi connectivity index (χ0v) is 5.47. The highest BCUT2D eigenvalue weighted by atomic mass is 16.6. The van der Waals surface area contributed by atoms with E-state index in [1.807, 2.05) is 0 Å². The highest BCUT2D eigenvalue weighted by Crippen LogP contribution is 2.01. The van der Waals surface area contributed by atoms with E-state index in [2.05, 4.69) is 9.47 Å². The number of hydrogen-bond acceptors (Lipinski definition) is 3. The number of methoxy groups -OCH3 is 2. The number of aliphatic hydroxyl groups is 1. The molecule has 0 aromatic carbocycles. The van der Waals surface area contributed by atoms with Crippen LogP contribution in [0.15, 0.2) is 0 Å². The molecule has 3 nitrogen and oxygen atoms in total. The maximum absolute atomic E-state index is 8.98. The van der Waals surface area contributed by atoms with Crippen LogP contribution in [0.25, 0.3) is 0 Å². The van der Waals surface area contributed by atoms with E-state index in [1.54, 1.807) is 0 Å². The van der Waals surface area contributed by atoms with E-state index < -0.39 is 5.79 Å². The first kappa shape index (κ1) is 7.88. The molecule has 3 heteroatoms. The molecule has 0 aromatic heterocycles. The quantitative estimate of drug-likeness (QED) is 0.532. The Labute approximate surface area is 49.2 Å². The van der Waals surface area contributed by atoms with Crippen LogP contribution >= 0.6 is 0 Å². The molecule has 50 valence electrons. The zero-order chi connectivity index (χ0) is 6.62. The Morgan fingerprint density at radius 3 is 2.12 bits per heavy atom. The summed E-state index contributed by atoms with van der Waals surface area (Å²) in [6, 6.07) is 0. The fourth-order valence-electron chi connectivity index (χ4n) is 0.327. The van der Waals surface area contributed by atoms with Gasteiger partial charge in [0.05, 0.1) is 6.61 Å². The van der Waals surface area contributed by atoms with Gasteiger partial charge in [-0.1, -0.05) is 0 Å². The summed E-state index contributed by atoms with van der Waals surface area (Å²) in [7, 11) is 2.94. The predicted molar refractivity (Wildman–Crippen MR) is 29.5 cm³/mol. The zero-order valence-electron chi connectivity index (χ0n) is 5.47. The van der Waals surface area contributed by atoms with E-state index in [4.69, 9.17) is 5.11 Å². The third-order valence-electron chi connectivity index (χ3n) is 0.852. The minimum absolute atomic E-state index is 0.198. The molecule has 1 unspecified atom stereocenters. The molecule has 8 heavy (non-hydrogen) atoms. The summed E-state index contributed by atoms with van der Waals surface area (Å²) >= 11 is 0. The van der Waals surface area contributed by atoms with Gasteiger partial charge >= 0.3 is 0 Å². The fraction of sp³-hybridized carbons (Fsp3) is 1.00. The van der Waals surface area contributed by atoms with Crippen LogP contribution in [-0.2, 0) is 9.47 Å². The lowest BCUT2D eigenvalue weighted by Crippen LogP contribution is -2.31. The van der Waals surface area contributed by atoms with Crippen LogP contribution in [0.4, 0.5) is 0 Å². The monoisotopic (exact) mass is 120 g/mol. The summed E-state index contributed by atoms with van der Waals surface area (Å²) in [5.74, 6) is -1.13. The molecule has 0 aliphatic rings. The van der Waals surface area contributed by atoms with Crippen LogP contribution in [0, 0.1) is 0 Å². The Hall–Kier alpha value is -0.120. The van der Waals surface area contributed by atoms with Gasteiger partial charge in [0.1, 0.15) is 0 Å². The number of ether oxygens (including phenoxy) is 2. The first-order valence-electron chi connectivity index (χ1n) is 2.39. The van der Waals surface area contributed by atoms with Gasteiger partial charge in [0.25, 0.3) is 0 Å². The van der Waals surface area contributed by atoms with Crippen molar-refractivity contribution in [1.82, 2.24) is 0 Å².